The number of rotatable bonds is 4. The normalized spacial score (nSPS) is 10.1. The monoisotopic (exact) mass is 262 g/mol. The topological polar surface area (TPSA) is 74.6 Å². The zero-order chi connectivity index (χ0) is 14.8. The number of hydrogen-bond donors (Lipinski definition) is 2. The maximum absolute atomic E-state index is 10.7. The fraction of sp³-hybridized carbons (Fsp3) is 0.200. The lowest BCUT2D eigenvalue weighted by atomic mass is 10.1. The van der Waals surface area contributed by atoms with Gasteiger partial charge in [-0.25, -0.2) is 9.59 Å². The summed E-state index contributed by atoms with van der Waals surface area (Å²) in [6.45, 7) is 6.44. The Bertz CT molecular complexity index is 460. The predicted octanol–water partition coefficient (Wildman–Crippen LogP) is 3.21. The summed E-state index contributed by atoms with van der Waals surface area (Å²) >= 11 is 0. The van der Waals surface area contributed by atoms with E-state index in [1.54, 1.807) is 6.08 Å². The Labute approximate surface area is 112 Å². The van der Waals surface area contributed by atoms with Crippen molar-refractivity contribution in [2.45, 2.75) is 20.3 Å². The van der Waals surface area contributed by atoms with E-state index >= 15 is 0 Å². The highest BCUT2D eigenvalue weighted by Crippen LogP contribution is 2.09. The molecule has 0 aromatic heterocycles. The van der Waals surface area contributed by atoms with Gasteiger partial charge >= 0.3 is 11.9 Å². The number of benzene rings is 1. The third-order valence-electron chi connectivity index (χ3n) is 2.16. The van der Waals surface area contributed by atoms with Crippen LogP contribution in [0, 0.1) is 0 Å². The predicted molar refractivity (Wildman–Crippen MR) is 74.8 cm³/mol. The molecule has 0 saturated carbocycles. The Morgan fingerprint density at radius 1 is 1.16 bits per heavy atom. The van der Waals surface area contributed by atoms with Crippen LogP contribution in [0.15, 0.2) is 48.1 Å². The molecule has 4 heteroatoms. The molecule has 0 unspecified atom stereocenters. The summed E-state index contributed by atoms with van der Waals surface area (Å²) in [4.78, 5) is 20.3. The smallest absolute Gasteiger partial charge is 0.331 e. The third-order valence-corrected chi connectivity index (χ3v) is 2.16. The lowest BCUT2D eigenvalue weighted by Crippen LogP contribution is -1.98. The molecule has 1 aromatic carbocycles. The average molecular weight is 262 g/mol. The van der Waals surface area contributed by atoms with E-state index in [1.165, 1.54) is 6.92 Å². The molecule has 4 nitrogen and oxygen atoms in total. The molecule has 0 bridgehead atoms. The highest BCUT2D eigenvalue weighted by molar-refractivity contribution is 5.92. The zero-order valence-corrected chi connectivity index (χ0v) is 11.1. The molecule has 0 aliphatic heterocycles. The van der Waals surface area contributed by atoms with E-state index in [4.69, 9.17) is 10.2 Å². The van der Waals surface area contributed by atoms with Crippen LogP contribution < -0.4 is 0 Å². The van der Waals surface area contributed by atoms with Crippen molar-refractivity contribution in [2.24, 2.45) is 0 Å². The molecule has 0 fully saturated rings. The summed E-state index contributed by atoms with van der Waals surface area (Å²) in [5.74, 6) is -1.78. The second-order valence-corrected chi connectivity index (χ2v) is 3.82. The minimum absolute atomic E-state index is 0.176. The van der Waals surface area contributed by atoms with Crippen molar-refractivity contribution >= 4 is 18.0 Å². The third kappa shape index (κ3) is 7.54. The molecule has 1 rings (SSSR count). The van der Waals surface area contributed by atoms with Crippen LogP contribution in [0.1, 0.15) is 25.8 Å². The van der Waals surface area contributed by atoms with Crippen molar-refractivity contribution in [1.82, 2.24) is 0 Å². The van der Waals surface area contributed by atoms with Crippen LogP contribution in [0.3, 0.4) is 0 Å². The van der Waals surface area contributed by atoms with E-state index in [2.05, 4.69) is 6.58 Å². The number of aliphatic carboxylic acids is 2. The van der Waals surface area contributed by atoms with Gasteiger partial charge in [0.15, 0.2) is 0 Å². The summed E-state index contributed by atoms with van der Waals surface area (Å²) < 4.78 is 0. The number of carboxylic acid groups (broad SMARTS) is 2. The van der Waals surface area contributed by atoms with Crippen LogP contribution in [0.5, 0.6) is 0 Å². The SMILES string of the molecule is C=C(C)C(=O)O.CCC(=Cc1ccccc1)C(=O)O. The Morgan fingerprint density at radius 3 is 1.95 bits per heavy atom. The summed E-state index contributed by atoms with van der Waals surface area (Å²) in [5.41, 5.74) is 1.54. The van der Waals surface area contributed by atoms with E-state index in [0.717, 1.165) is 5.56 Å². The van der Waals surface area contributed by atoms with Crippen LogP contribution in [0.2, 0.25) is 0 Å². The molecular weight excluding hydrogens is 244 g/mol. The summed E-state index contributed by atoms with van der Waals surface area (Å²) in [6, 6.07) is 9.46. The Morgan fingerprint density at radius 2 is 1.63 bits per heavy atom. The number of carboxylic acids is 2. The van der Waals surface area contributed by atoms with Crippen molar-refractivity contribution < 1.29 is 19.8 Å². The fourth-order valence-electron chi connectivity index (χ4n) is 1.07. The van der Waals surface area contributed by atoms with Crippen molar-refractivity contribution in [2.75, 3.05) is 0 Å². The van der Waals surface area contributed by atoms with Gasteiger partial charge in [0, 0.05) is 11.1 Å². The van der Waals surface area contributed by atoms with Gasteiger partial charge in [0.1, 0.15) is 0 Å². The fourth-order valence-corrected chi connectivity index (χ4v) is 1.07. The van der Waals surface area contributed by atoms with E-state index in [1.807, 2.05) is 37.3 Å². The molecule has 0 spiro atoms. The lowest BCUT2D eigenvalue weighted by Gasteiger charge is -1.97. The van der Waals surface area contributed by atoms with Crippen LogP contribution >= 0.6 is 0 Å². The average Bonchev–Trinajstić information content (AvgIpc) is 2.37. The molecule has 0 saturated heterocycles. The van der Waals surface area contributed by atoms with Gasteiger partial charge in [-0.15, -0.1) is 0 Å². The molecule has 102 valence electrons. The molecule has 1 aromatic rings. The van der Waals surface area contributed by atoms with Gasteiger partial charge in [-0.1, -0.05) is 43.8 Å². The molecule has 0 heterocycles. The van der Waals surface area contributed by atoms with Crippen molar-refractivity contribution in [3.8, 4) is 0 Å². The highest BCUT2D eigenvalue weighted by Gasteiger charge is 2.02. The number of hydrogen-bond acceptors (Lipinski definition) is 2. The van der Waals surface area contributed by atoms with E-state index in [9.17, 15) is 9.59 Å². The van der Waals surface area contributed by atoms with Crippen molar-refractivity contribution in [3.05, 3.63) is 53.6 Å². The van der Waals surface area contributed by atoms with E-state index in [-0.39, 0.29) is 5.57 Å². The quantitative estimate of drug-likeness (QED) is 0.817. The van der Waals surface area contributed by atoms with Gasteiger partial charge < -0.3 is 10.2 Å². The molecular formula is C15H18O4. The largest absolute Gasteiger partial charge is 0.478 e. The minimum Gasteiger partial charge on any atom is -0.478 e. The summed E-state index contributed by atoms with van der Waals surface area (Å²) in [7, 11) is 0. The van der Waals surface area contributed by atoms with Crippen LogP contribution in [-0.4, -0.2) is 22.2 Å². The van der Waals surface area contributed by atoms with Gasteiger partial charge in [-0.05, 0) is 25.0 Å². The first-order valence-corrected chi connectivity index (χ1v) is 5.76. The van der Waals surface area contributed by atoms with Crippen LogP contribution in [0.4, 0.5) is 0 Å². The molecule has 0 aliphatic rings. The van der Waals surface area contributed by atoms with Gasteiger partial charge in [-0.3, -0.25) is 0 Å². The minimum atomic E-state index is -0.935. The maximum Gasteiger partial charge on any atom is 0.331 e. The molecule has 0 aliphatic carbocycles. The lowest BCUT2D eigenvalue weighted by molar-refractivity contribution is -0.133. The summed E-state index contributed by atoms with van der Waals surface area (Å²) in [6.07, 6.45) is 2.24. The molecule has 0 radical (unpaired) electrons. The van der Waals surface area contributed by atoms with Crippen LogP contribution in [-0.2, 0) is 9.59 Å². The van der Waals surface area contributed by atoms with Crippen molar-refractivity contribution in [1.29, 1.82) is 0 Å². The molecule has 2 N–H and O–H groups in total. The molecule has 0 atom stereocenters. The number of carbonyl (C=O) groups is 2. The molecule has 0 amide bonds. The second kappa shape index (κ2) is 8.69. The van der Waals surface area contributed by atoms with Gasteiger partial charge in [0.05, 0.1) is 0 Å². The van der Waals surface area contributed by atoms with Crippen molar-refractivity contribution in [3.63, 3.8) is 0 Å². The van der Waals surface area contributed by atoms with Crippen LogP contribution in [0.25, 0.3) is 6.08 Å². The van der Waals surface area contributed by atoms with Gasteiger partial charge in [0.2, 0.25) is 0 Å². The van der Waals surface area contributed by atoms with E-state index < -0.39 is 11.9 Å². The standard InChI is InChI=1S/C11H12O2.C4H6O2/c1-2-10(11(12)13)8-9-6-4-3-5-7-9;1-3(2)4(5)6/h3-8H,2H2,1H3,(H,12,13);1H2,2H3,(H,5,6). The van der Waals surface area contributed by atoms with Gasteiger partial charge in [-0.2, -0.15) is 0 Å². The first kappa shape index (κ1) is 16.6. The Balaban J connectivity index is 0.000000459. The van der Waals surface area contributed by atoms with Gasteiger partial charge in [0.25, 0.3) is 0 Å². The molecule has 19 heavy (non-hydrogen) atoms. The zero-order valence-electron chi connectivity index (χ0n) is 11.1. The second-order valence-electron chi connectivity index (χ2n) is 3.82. The van der Waals surface area contributed by atoms with E-state index in [0.29, 0.717) is 12.0 Å². The maximum atomic E-state index is 10.7. The highest BCUT2D eigenvalue weighted by atomic mass is 16.4. The first-order valence-electron chi connectivity index (χ1n) is 5.76. The Kier molecular flexibility index (Phi) is 7.61. The summed E-state index contributed by atoms with van der Waals surface area (Å²) in [5, 5.41) is 16.7. The Hall–Kier alpha value is -2.36. The first-order chi connectivity index (χ1) is 8.88.